The predicted molar refractivity (Wildman–Crippen MR) is 66.2 cm³/mol. The van der Waals surface area contributed by atoms with E-state index in [0.717, 1.165) is 0 Å². The molecule has 0 aliphatic carbocycles. The molecule has 0 aliphatic rings. The number of hydrogen-bond donors (Lipinski definition) is 0. The average Bonchev–Trinajstić information content (AvgIpc) is 2.28. The van der Waals surface area contributed by atoms with E-state index in [4.69, 9.17) is 9.05 Å². The lowest BCUT2D eigenvalue weighted by molar-refractivity contribution is -0.140. The van der Waals surface area contributed by atoms with Gasteiger partial charge in [-0.1, -0.05) is 0 Å². The van der Waals surface area contributed by atoms with E-state index in [-0.39, 0.29) is 31.6 Å². The Bertz CT molecular complexity index is 343. The third kappa shape index (κ3) is 5.76. The van der Waals surface area contributed by atoms with Crippen LogP contribution in [-0.4, -0.2) is 32.0 Å². The summed E-state index contributed by atoms with van der Waals surface area (Å²) >= 11 is 0. The molecule has 0 aromatic heterocycles. The molecule has 18 heavy (non-hydrogen) atoms. The van der Waals surface area contributed by atoms with Gasteiger partial charge in [0.05, 0.1) is 26.0 Å². The van der Waals surface area contributed by atoms with E-state index in [2.05, 4.69) is 4.74 Å². The van der Waals surface area contributed by atoms with Gasteiger partial charge >= 0.3 is 13.6 Å². The summed E-state index contributed by atoms with van der Waals surface area (Å²) in [4.78, 5) is 11.2. The lowest BCUT2D eigenvalue weighted by atomic mass is 10.3. The van der Waals surface area contributed by atoms with Gasteiger partial charge in [-0.15, -0.1) is 0 Å². The van der Waals surface area contributed by atoms with Gasteiger partial charge in [-0.3, -0.25) is 4.57 Å². The zero-order valence-electron chi connectivity index (χ0n) is 11.2. The molecule has 0 amide bonds. The zero-order chi connectivity index (χ0) is 14.2. The van der Waals surface area contributed by atoms with Crippen LogP contribution in [0.5, 0.6) is 0 Å². The van der Waals surface area contributed by atoms with E-state index < -0.39 is 19.4 Å². The smallest absolute Gasteiger partial charge is 0.367 e. The summed E-state index contributed by atoms with van der Waals surface area (Å²) in [7, 11) is -3.39. The van der Waals surface area contributed by atoms with E-state index in [1.165, 1.54) is 6.92 Å². The summed E-state index contributed by atoms with van der Waals surface area (Å²) in [5, 5.41) is 0. The van der Waals surface area contributed by atoms with Crippen molar-refractivity contribution >= 4 is 13.6 Å². The van der Waals surface area contributed by atoms with Gasteiger partial charge < -0.3 is 13.8 Å². The van der Waals surface area contributed by atoms with Crippen molar-refractivity contribution in [3.05, 3.63) is 11.4 Å². The standard InChI is InChI=1S/C11H20FO5P/c1-5-15-11(13)10(12)9(4)8-18(14,16-6-2)17-7-3/h5-8H2,1-4H3. The molecule has 0 N–H and O–H groups in total. The van der Waals surface area contributed by atoms with Crippen molar-refractivity contribution in [2.75, 3.05) is 26.0 Å². The van der Waals surface area contributed by atoms with Crippen LogP contribution in [0.1, 0.15) is 27.7 Å². The Balaban J connectivity index is 4.87. The molecule has 0 rings (SSSR count). The van der Waals surface area contributed by atoms with Crippen LogP contribution >= 0.6 is 7.60 Å². The molecule has 0 spiro atoms. The van der Waals surface area contributed by atoms with Crippen LogP contribution < -0.4 is 0 Å². The molecular formula is C11H20FO5P. The van der Waals surface area contributed by atoms with Crippen molar-refractivity contribution in [2.24, 2.45) is 0 Å². The number of esters is 1. The van der Waals surface area contributed by atoms with Gasteiger partial charge in [0.25, 0.3) is 0 Å². The second-order valence-corrected chi connectivity index (χ2v) is 5.47. The summed E-state index contributed by atoms with van der Waals surface area (Å²) in [5.41, 5.74) is -0.00122. The van der Waals surface area contributed by atoms with Gasteiger partial charge in [-0.2, -0.15) is 4.39 Å². The lowest BCUT2D eigenvalue weighted by Crippen LogP contribution is -2.09. The van der Waals surface area contributed by atoms with Gasteiger partial charge in [0.2, 0.25) is 5.83 Å². The normalized spacial score (nSPS) is 13.2. The maximum absolute atomic E-state index is 13.6. The number of hydrogen-bond acceptors (Lipinski definition) is 5. The van der Waals surface area contributed by atoms with Crippen LogP contribution in [0.4, 0.5) is 4.39 Å². The van der Waals surface area contributed by atoms with Gasteiger partial charge in [0.1, 0.15) is 0 Å². The Hall–Kier alpha value is -0.710. The number of allylic oxidation sites excluding steroid dienone is 1. The van der Waals surface area contributed by atoms with Crippen LogP contribution in [-0.2, 0) is 23.1 Å². The number of carbonyl (C=O) groups excluding carboxylic acids is 1. The van der Waals surface area contributed by atoms with Gasteiger partial charge in [-0.05, 0) is 33.3 Å². The minimum Gasteiger partial charge on any atom is -0.461 e. The molecule has 0 aromatic carbocycles. The first-order chi connectivity index (χ1) is 8.40. The Morgan fingerprint density at radius 2 is 1.61 bits per heavy atom. The third-order valence-electron chi connectivity index (χ3n) is 1.91. The quantitative estimate of drug-likeness (QED) is 0.389. The van der Waals surface area contributed by atoms with Crippen LogP contribution in [0.3, 0.4) is 0 Å². The van der Waals surface area contributed by atoms with E-state index in [0.29, 0.717) is 0 Å². The van der Waals surface area contributed by atoms with E-state index in [9.17, 15) is 13.8 Å². The average molecular weight is 282 g/mol. The topological polar surface area (TPSA) is 61.8 Å². The highest BCUT2D eigenvalue weighted by molar-refractivity contribution is 7.54. The first-order valence-corrected chi connectivity index (χ1v) is 7.53. The summed E-state index contributed by atoms with van der Waals surface area (Å²) in [6.45, 7) is 6.70. The number of rotatable bonds is 8. The predicted octanol–water partition coefficient (Wildman–Crippen LogP) is 3.06. The highest BCUT2D eigenvalue weighted by Gasteiger charge is 2.27. The molecule has 0 aromatic rings. The Morgan fingerprint density at radius 3 is 2.00 bits per heavy atom. The molecule has 0 fully saturated rings. The van der Waals surface area contributed by atoms with Crippen molar-refractivity contribution in [3.63, 3.8) is 0 Å². The van der Waals surface area contributed by atoms with Crippen molar-refractivity contribution in [1.82, 2.24) is 0 Å². The third-order valence-corrected chi connectivity index (χ3v) is 4.08. The Morgan fingerprint density at radius 1 is 1.11 bits per heavy atom. The molecule has 0 bridgehead atoms. The van der Waals surface area contributed by atoms with Crippen LogP contribution in [0.15, 0.2) is 11.4 Å². The highest BCUT2D eigenvalue weighted by Crippen LogP contribution is 2.49. The maximum Gasteiger partial charge on any atom is 0.367 e. The molecule has 7 heteroatoms. The molecule has 0 saturated carbocycles. The van der Waals surface area contributed by atoms with Crippen LogP contribution in [0.2, 0.25) is 0 Å². The molecule has 5 nitrogen and oxygen atoms in total. The van der Waals surface area contributed by atoms with Crippen LogP contribution in [0, 0.1) is 0 Å². The molecule has 0 atom stereocenters. The van der Waals surface area contributed by atoms with Crippen molar-refractivity contribution in [1.29, 1.82) is 0 Å². The van der Waals surface area contributed by atoms with Gasteiger partial charge in [0, 0.05) is 0 Å². The summed E-state index contributed by atoms with van der Waals surface area (Å²) < 4.78 is 40.2. The lowest BCUT2D eigenvalue weighted by Gasteiger charge is -2.17. The molecule has 0 heterocycles. The molecule has 0 unspecified atom stereocenters. The Labute approximate surface area is 107 Å². The van der Waals surface area contributed by atoms with Gasteiger partial charge in [0.15, 0.2) is 0 Å². The molecule has 0 saturated heterocycles. The van der Waals surface area contributed by atoms with Crippen LogP contribution in [0.25, 0.3) is 0 Å². The van der Waals surface area contributed by atoms with Gasteiger partial charge in [-0.25, -0.2) is 4.79 Å². The Kier molecular flexibility index (Phi) is 8.07. The fraction of sp³-hybridized carbons (Fsp3) is 0.727. The van der Waals surface area contributed by atoms with Crippen molar-refractivity contribution in [3.8, 4) is 0 Å². The molecule has 0 aliphatic heterocycles. The molecule has 106 valence electrons. The highest BCUT2D eigenvalue weighted by atomic mass is 31.2. The van der Waals surface area contributed by atoms with E-state index in [1.807, 2.05) is 0 Å². The second-order valence-electron chi connectivity index (χ2n) is 3.42. The molecule has 0 radical (unpaired) electrons. The second kappa shape index (κ2) is 8.40. The minimum absolute atomic E-state index is 0.00122. The minimum atomic E-state index is -3.39. The summed E-state index contributed by atoms with van der Waals surface area (Å²) in [5.74, 6) is -2.11. The monoisotopic (exact) mass is 282 g/mol. The zero-order valence-corrected chi connectivity index (χ0v) is 12.1. The number of halogens is 1. The van der Waals surface area contributed by atoms with E-state index in [1.54, 1.807) is 20.8 Å². The SMILES string of the molecule is CCOC(=O)C(F)=C(C)CP(=O)(OCC)OCC. The fourth-order valence-corrected chi connectivity index (χ4v) is 3.01. The largest absolute Gasteiger partial charge is 0.461 e. The first-order valence-electron chi connectivity index (χ1n) is 5.80. The first kappa shape index (κ1) is 17.3. The summed E-state index contributed by atoms with van der Waals surface area (Å²) in [6, 6.07) is 0. The van der Waals surface area contributed by atoms with Crippen molar-refractivity contribution < 1.29 is 27.5 Å². The maximum atomic E-state index is 13.6. The molecular weight excluding hydrogens is 262 g/mol. The van der Waals surface area contributed by atoms with Crippen molar-refractivity contribution in [2.45, 2.75) is 27.7 Å². The summed E-state index contributed by atoms with van der Waals surface area (Å²) in [6.07, 6.45) is -0.265. The number of ether oxygens (including phenoxy) is 1. The van der Waals surface area contributed by atoms with E-state index >= 15 is 0 Å². The number of carbonyl (C=O) groups is 1. The fourth-order valence-electron chi connectivity index (χ4n) is 1.25.